The molecule has 84 valence electrons. The number of carbonyl (C=O) groups is 1. The van der Waals surface area contributed by atoms with Gasteiger partial charge in [-0.05, 0) is 37.6 Å². The van der Waals surface area contributed by atoms with E-state index in [0.717, 1.165) is 33.1 Å². The van der Waals surface area contributed by atoms with Crippen LogP contribution in [0.2, 0.25) is 0 Å². The molecule has 3 nitrogen and oxygen atoms in total. The number of carbonyl (C=O) groups excluding carboxylic acids is 1. The van der Waals surface area contributed by atoms with Crippen molar-refractivity contribution in [1.29, 1.82) is 0 Å². The molecule has 0 radical (unpaired) electrons. The lowest BCUT2D eigenvalue weighted by Gasteiger charge is -2.14. The average molecular weight is 236 g/mol. The van der Waals surface area contributed by atoms with Gasteiger partial charge in [0.05, 0.1) is 0 Å². The fourth-order valence-electron chi connectivity index (χ4n) is 1.69. The van der Waals surface area contributed by atoms with Crippen LogP contribution < -0.4 is 4.73 Å². The number of aromatic nitrogens is 1. The molecule has 4 heteroatoms. The number of Topliss-reactive ketones (excluding diaryl/α,β-unsaturated/α-hetero) is 1. The monoisotopic (exact) mass is 236 g/mol. The van der Waals surface area contributed by atoms with Crippen LogP contribution in [-0.4, -0.2) is 11.0 Å². The highest BCUT2D eigenvalue weighted by molar-refractivity contribution is 8.03. The minimum absolute atomic E-state index is 0.231. The van der Waals surface area contributed by atoms with Crippen molar-refractivity contribution in [1.82, 2.24) is 0 Å². The van der Waals surface area contributed by atoms with E-state index < -0.39 is 0 Å². The summed E-state index contributed by atoms with van der Waals surface area (Å²) in [4.78, 5) is 12.6. The molecule has 1 aliphatic rings. The lowest BCUT2D eigenvalue weighted by atomic mass is 9.99. The minimum Gasteiger partial charge on any atom is -0.295 e. The third kappa shape index (κ3) is 2.27. The van der Waals surface area contributed by atoms with Crippen molar-refractivity contribution in [2.45, 2.75) is 31.2 Å². The molecule has 2 rings (SSSR count). The van der Waals surface area contributed by atoms with E-state index in [4.69, 9.17) is 0 Å². The van der Waals surface area contributed by atoms with Crippen LogP contribution in [0.4, 0.5) is 0 Å². The first-order chi connectivity index (χ1) is 7.68. The maximum Gasteiger partial charge on any atom is 0.295 e. The summed E-state index contributed by atoms with van der Waals surface area (Å²) < 4.78 is 1.09. The molecule has 1 aliphatic carbocycles. The van der Waals surface area contributed by atoms with Crippen LogP contribution in [0.5, 0.6) is 0 Å². The molecule has 1 aromatic heterocycles. The molecule has 1 N–H and O–H groups in total. The Labute approximate surface area is 98.8 Å². The van der Waals surface area contributed by atoms with Gasteiger partial charge in [0.2, 0.25) is 6.20 Å². The number of hydrogen-bond acceptors (Lipinski definition) is 3. The second kappa shape index (κ2) is 4.70. The molecule has 0 atom stereocenters. The molecular weight excluding hydrogens is 222 g/mol. The molecule has 16 heavy (non-hydrogen) atoms. The minimum atomic E-state index is 0.231. The molecule has 0 saturated carbocycles. The van der Waals surface area contributed by atoms with Crippen molar-refractivity contribution in [2.24, 2.45) is 0 Å². The highest BCUT2D eigenvalue weighted by Gasteiger charge is 2.21. The van der Waals surface area contributed by atoms with Crippen molar-refractivity contribution >= 4 is 17.5 Å². The molecule has 0 amide bonds. The summed E-state index contributed by atoms with van der Waals surface area (Å²) in [5.41, 5.74) is 0.847. The Morgan fingerprint density at radius 2 is 2.19 bits per heavy atom. The summed E-state index contributed by atoms with van der Waals surface area (Å²) >= 11 is 1.47. The highest BCUT2D eigenvalue weighted by Crippen LogP contribution is 2.34. The molecule has 1 aromatic rings. The van der Waals surface area contributed by atoms with Crippen LogP contribution in [0.25, 0.3) is 0 Å². The topological polar surface area (TPSA) is 41.2 Å². The van der Waals surface area contributed by atoms with Gasteiger partial charge in [-0.15, -0.1) is 0 Å². The number of ketones is 1. The Bertz CT molecular complexity index is 454. The van der Waals surface area contributed by atoms with E-state index in [0.29, 0.717) is 6.42 Å². The fraction of sp³-hybridized carbons (Fsp3) is 0.333. The van der Waals surface area contributed by atoms with Gasteiger partial charge in [0.1, 0.15) is 0 Å². The Hall–Kier alpha value is -1.29. The van der Waals surface area contributed by atoms with Crippen molar-refractivity contribution in [3.63, 3.8) is 0 Å². The van der Waals surface area contributed by atoms with Gasteiger partial charge in [-0.1, -0.05) is 0 Å². The molecule has 0 bridgehead atoms. The normalized spacial score (nSPS) is 16.7. The van der Waals surface area contributed by atoms with Gasteiger partial charge in [0, 0.05) is 33.8 Å². The SMILES string of the molecule is CC1=C(Sc2cccc[n+]2O)CCCC1=O. The van der Waals surface area contributed by atoms with Crippen LogP contribution >= 0.6 is 11.8 Å². The molecule has 0 fully saturated rings. The van der Waals surface area contributed by atoms with Crippen LogP contribution in [0.3, 0.4) is 0 Å². The summed E-state index contributed by atoms with van der Waals surface area (Å²) in [6, 6.07) is 5.47. The number of allylic oxidation sites excluding steroid dienone is 2. The van der Waals surface area contributed by atoms with Crippen LogP contribution in [-0.2, 0) is 4.79 Å². The molecular formula is C12H14NO2S+. The summed E-state index contributed by atoms with van der Waals surface area (Å²) in [5.74, 6) is 0.231. The standard InChI is InChI=1S/C12H14NO2S/c1-9-10(14)5-4-6-11(9)16-12-7-2-3-8-13(12)15/h2-3,7-8,15H,4-6H2,1H3/q+1. The first-order valence-corrected chi connectivity index (χ1v) is 6.11. The van der Waals surface area contributed by atoms with Crippen molar-refractivity contribution in [2.75, 3.05) is 0 Å². The van der Waals surface area contributed by atoms with E-state index >= 15 is 0 Å². The van der Waals surface area contributed by atoms with Gasteiger partial charge in [-0.3, -0.25) is 10.0 Å². The number of hydrogen-bond donors (Lipinski definition) is 1. The van der Waals surface area contributed by atoms with Gasteiger partial charge < -0.3 is 0 Å². The maximum atomic E-state index is 11.5. The molecule has 0 spiro atoms. The smallest absolute Gasteiger partial charge is 0.295 e. The average Bonchev–Trinajstić information content (AvgIpc) is 2.28. The Morgan fingerprint density at radius 1 is 1.38 bits per heavy atom. The van der Waals surface area contributed by atoms with E-state index in [1.807, 2.05) is 19.1 Å². The van der Waals surface area contributed by atoms with E-state index in [2.05, 4.69) is 0 Å². The quantitative estimate of drug-likeness (QED) is 0.633. The largest absolute Gasteiger partial charge is 0.295 e. The highest BCUT2D eigenvalue weighted by atomic mass is 32.2. The second-order valence-electron chi connectivity index (χ2n) is 3.81. The molecule has 1 heterocycles. The number of nitrogens with zero attached hydrogens (tertiary/aromatic N) is 1. The van der Waals surface area contributed by atoms with Crippen molar-refractivity contribution < 1.29 is 14.7 Å². The Balaban J connectivity index is 2.25. The summed E-state index contributed by atoms with van der Waals surface area (Å²) in [6.07, 6.45) is 4.08. The Kier molecular flexibility index (Phi) is 3.29. The fourth-order valence-corrected chi connectivity index (χ4v) is 2.76. The number of rotatable bonds is 2. The van der Waals surface area contributed by atoms with Crippen LogP contribution in [0.1, 0.15) is 26.2 Å². The van der Waals surface area contributed by atoms with Gasteiger partial charge in [0.15, 0.2) is 5.78 Å². The van der Waals surface area contributed by atoms with Crippen LogP contribution in [0.15, 0.2) is 39.9 Å². The predicted octanol–water partition coefficient (Wildman–Crippen LogP) is 2.33. The zero-order valence-electron chi connectivity index (χ0n) is 9.14. The number of pyridine rings is 1. The zero-order chi connectivity index (χ0) is 11.5. The van der Waals surface area contributed by atoms with Gasteiger partial charge in [-0.2, -0.15) is 0 Å². The summed E-state index contributed by atoms with van der Waals surface area (Å²) in [5, 5.41) is 10.3. The maximum absolute atomic E-state index is 11.5. The predicted molar refractivity (Wildman–Crippen MR) is 61.2 cm³/mol. The van der Waals surface area contributed by atoms with Gasteiger partial charge in [-0.25, -0.2) is 0 Å². The third-order valence-electron chi connectivity index (χ3n) is 2.67. The third-order valence-corrected chi connectivity index (χ3v) is 3.96. The summed E-state index contributed by atoms with van der Waals surface area (Å²) in [7, 11) is 0. The molecule has 0 saturated heterocycles. The lowest BCUT2D eigenvalue weighted by molar-refractivity contribution is -0.932. The van der Waals surface area contributed by atoms with Crippen LogP contribution in [0, 0.1) is 0 Å². The Morgan fingerprint density at radius 3 is 2.94 bits per heavy atom. The first kappa shape index (κ1) is 11.2. The first-order valence-electron chi connectivity index (χ1n) is 5.29. The second-order valence-corrected chi connectivity index (χ2v) is 4.93. The van der Waals surface area contributed by atoms with Gasteiger partial charge in [0.25, 0.3) is 5.03 Å². The van der Waals surface area contributed by atoms with E-state index in [9.17, 15) is 10.0 Å². The number of thioether (sulfide) groups is 1. The molecule has 0 unspecified atom stereocenters. The van der Waals surface area contributed by atoms with E-state index in [-0.39, 0.29) is 5.78 Å². The van der Waals surface area contributed by atoms with E-state index in [1.54, 1.807) is 12.3 Å². The summed E-state index contributed by atoms with van der Waals surface area (Å²) in [6.45, 7) is 1.87. The van der Waals surface area contributed by atoms with Gasteiger partial charge >= 0.3 is 0 Å². The van der Waals surface area contributed by atoms with Crippen molar-refractivity contribution in [3.8, 4) is 0 Å². The lowest BCUT2D eigenvalue weighted by Crippen LogP contribution is -2.31. The van der Waals surface area contributed by atoms with Crippen molar-refractivity contribution in [3.05, 3.63) is 34.9 Å². The molecule has 0 aliphatic heterocycles. The molecule has 0 aromatic carbocycles. The van der Waals surface area contributed by atoms with E-state index in [1.165, 1.54) is 11.8 Å². The zero-order valence-corrected chi connectivity index (χ0v) is 9.96.